The number of nitrogens with zero attached hydrogens (tertiary/aromatic N) is 2. The van der Waals surface area contributed by atoms with E-state index >= 15 is 0 Å². The summed E-state index contributed by atoms with van der Waals surface area (Å²) in [5.74, 6) is -1.83. The van der Waals surface area contributed by atoms with Crippen LogP contribution in [-0.2, 0) is 9.59 Å². The standard InChI is InChI=1S/C32H20N2O4/c33-21-27-9-5-23(6-10-27)1-3-25-13-17-29(18-14-25)37-31(35)32(36)38-30-19-15-26(16-20-30)4-2-24-7-11-28(22-34)12-8-24/h1-20H/b3-1+,4-2+. The molecule has 0 atom stereocenters. The normalized spacial score (nSPS) is 10.6. The van der Waals surface area contributed by atoms with Crippen molar-refractivity contribution >= 4 is 36.2 Å². The highest BCUT2D eigenvalue weighted by Crippen LogP contribution is 2.18. The van der Waals surface area contributed by atoms with Crippen LogP contribution in [0.2, 0.25) is 0 Å². The van der Waals surface area contributed by atoms with Crippen molar-refractivity contribution in [1.29, 1.82) is 10.5 Å². The Hall–Kier alpha value is -5.72. The summed E-state index contributed by atoms with van der Waals surface area (Å²) in [6.45, 7) is 0. The number of esters is 2. The van der Waals surface area contributed by atoms with E-state index in [-0.39, 0.29) is 11.5 Å². The van der Waals surface area contributed by atoms with E-state index in [0.717, 1.165) is 22.3 Å². The molecule has 6 nitrogen and oxygen atoms in total. The van der Waals surface area contributed by atoms with Gasteiger partial charge < -0.3 is 9.47 Å². The van der Waals surface area contributed by atoms with Gasteiger partial charge in [0.15, 0.2) is 0 Å². The first-order chi connectivity index (χ1) is 18.5. The van der Waals surface area contributed by atoms with Crippen molar-refractivity contribution in [3.63, 3.8) is 0 Å². The van der Waals surface area contributed by atoms with Crippen LogP contribution in [0.4, 0.5) is 0 Å². The number of benzene rings is 4. The minimum atomic E-state index is -1.13. The lowest BCUT2D eigenvalue weighted by Crippen LogP contribution is -2.25. The molecule has 0 spiro atoms. The van der Waals surface area contributed by atoms with E-state index in [9.17, 15) is 9.59 Å². The zero-order valence-electron chi connectivity index (χ0n) is 20.1. The van der Waals surface area contributed by atoms with Crippen LogP contribution in [0.5, 0.6) is 11.5 Å². The molecule has 0 aliphatic carbocycles. The Morgan fingerprint density at radius 3 is 1.00 bits per heavy atom. The molecule has 0 aliphatic rings. The van der Waals surface area contributed by atoms with E-state index in [2.05, 4.69) is 12.1 Å². The molecule has 0 heterocycles. The average molecular weight is 497 g/mol. The van der Waals surface area contributed by atoms with E-state index in [1.807, 2.05) is 48.6 Å². The average Bonchev–Trinajstić information content (AvgIpc) is 2.97. The van der Waals surface area contributed by atoms with Gasteiger partial charge in [0.05, 0.1) is 23.3 Å². The molecule has 6 heteroatoms. The predicted octanol–water partition coefficient (Wildman–Crippen LogP) is 6.28. The van der Waals surface area contributed by atoms with E-state index < -0.39 is 11.9 Å². The molecule has 0 fully saturated rings. The lowest BCUT2D eigenvalue weighted by atomic mass is 10.1. The molecule has 0 unspecified atom stereocenters. The highest BCUT2D eigenvalue weighted by atomic mass is 16.6. The molecule has 38 heavy (non-hydrogen) atoms. The molecule has 0 bridgehead atoms. The number of carbonyl (C=O) groups is 2. The topological polar surface area (TPSA) is 100 Å². The van der Waals surface area contributed by atoms with Gasteiger partial charge in [-0.05, 0) is 70.8 Å². The maximum Gasteiger partial charge on any atom is 0.423 e. The fourth-order valence-electron chi connectivity index (χ4n) is 3.31. The van der Waals surface area contributed by atoms with Crippen molar-refractivity contribution in [3.8, 4) is 23.6 Å². The number of rotatable bonds is 6. The summed E-state index contributed by atoms with van der Waals surface area (Å²) in [6.07, 6.45) is 7.55. The van der Waals surface area contributed by atoms with Gasteiger partial charge in [0, 0.05) is 0 Å². The Morgan fingerprint density at radius 1 is 0.474 bits per heavy atom. The molecule has 0 N–H and O–H groups in total. The van der Waals surface area contributed by atoms with Crippen molar-refractivity contribution in [2.45, 2.75) is 0 Å². The quantitative estimate of drug-likeness (QED) is 0.135. The number of hydrogen-bond acceptors (Lipinski definition) is 6. The Morgan fingerprint density at radius 2 is 0.737 bits per heavy atom. The SMILES string of the molecule is N#Cc1ccc(/C=C/c2ccc(OC(=O)C(=O)Oc3ccc(/C=C/c4ccc(C#N)cc4)cc3)cc2)cc1. The Balaban J connectivity index is 1.28. The molecule has 4 aromatic rings. The fourth-order valence-corrected chi connectivity index (χ4v) is 3.31. The third-order valence-corrected chi connectivity index (χ3v) is 5.36. The summed E-state index contributed by atoms with van der Waals surface area (Å²) in [5.41, 5.74) is 4.81. The van der Waals surface area contributed by atoms with Gasteiger partial charge in [0.1, 0.15) is 11.5 Å². The maximum absolute atomic E-state index is 12.2. The number of ether oxygens (including phenoxy) is 2. The molecule has 182 valence electrons. The summed E-state index contributed by atoms with van der Waals surface area (Å²) in [7, 11) is 0. The third-order valence-electron chi connectivity index (χ3n) is 5.36. The molecule has 4 rings (SSSR count). The fraction of sp³-hybridized carbons (Fsp3) is 0. The first kappa shape index (κ1) is 25.4. The van der Waals surface area contributed by atoms with Gasteiger partial charge in [-0.25, -0.2) is 9.59 Å². The second kappa shape index (κ2) is 12.3. The van der Waals surface area contributed by atoms with Crippen LogP contribution in [0, 0.1) is 22.7 Å². The van der Waals surface area contributed by atoms with Gasteiger partial charge in [-0.1, -0.05) is 72.8 Å². The zero-order valence-corrected chi connectivity index (χ0v) is 20.1. The van der Waals surface area contributed by atoms with E-state index in [1.54, 1.807) is 72.8 Å². The smallest absolute Gasteiger partial charge is 0.418 e. The molecule has 0 saturated carbocycles. The lowest BCUT2D eigenvalue weighted by molar-refractivity contribution is -0.156. The Kier molecular flexibility index (Phi) is 8.22. The molecule has 4 aromatic carbocycles. The molecule has 0 radical (unpaired) electrons. The van der Waals surface area contributed by atoms with Crippen LogP contribution < -0.4 is 9.47 Å². The molecule has 0 amide bonds. The summed E-state index contributed by atoms with van der Waals surface area (Å²) >= 11 is 0. The van der Waals surface area contributed by atoms with E-state index in [4.69, 9.17) is 20.0 Å². The van der Waals surface area contributed by atoms with Gasteiger partial charge in [-0.2, -0.15) is 10.5 Å². The first-order valence-corrected chi connectivity index (χ1v) is 11.5. The lowest BCUT2D eigenvalue weighted by Gasteiger charge is -2.06. The third kappa shape index (κ3) is 7.14. The maximum atomic E-state index is 12.2. The molecule has 0 saturated heterocycles. The van der Waals surface area contributed by atoms with E-state index in [0.29, 0.717) is 11.1 Å². The Labute approximate surface area is 219 Å². The van der Waals surface area contributed by atoms with Crippen molar-refractivity contribution in [2.75, 3.05) is 0 Å². The second-order valence-electron chi connectivity index (χ2n) is 8.05. The molecular formula is C32H20N2O4. The molecule has 0 aliphatic heterocycles. The highest BCUT2D eigenvalue weighted by Gasteiger charge is 2.19. The minimum absolute atomic E-state index is 0.214. The summed E-state index contributed by atoms with van der Waals surface area (Å²) < 4.78 is 10.2. The summed E-state index contributed by atoms with van der Waals surface area (Å²) in [5, 5.41) is 17.7. The first-order valence-electron chi connectivity index (χ1n) is 11.5. The van der Waals surface area contributed by atoms with Gasteiger partial charge in [0.2, 0.25) is 0 Å². The van der Waals surface area contributed by atoms with Gasteiger partial charge in [0.25, 0.3) is 0 Å². The van der Waals surface area contributed by atoms with Crippen LogP contribution in [0.1, 0.15) is 33.4 Å². The van der Waals surface area contributed by atoms with Crippen molar-refractivity contribution < 1.29 is 19.1 Å². The van der Waals surface area contributed by atoms with Crippen LogP contribution in [0.25, 0.3) is 24.3 Å². The summed E-state index contributed by atoms with van der Waals surface area (Å²) in [6, 6.07) is 31.8. The van der Waals surface area contributed by atoms with Gasteiger partial charge in [-0.3, -0.25) is 0 Å². The van der Waals surface area contributed by atoms with Crippen LogP contribution in [-0.4, -0.2) is 11.9 Å². The number of nitriles is 2. The van der Waals surface area contributed by atoms with Crippen molar-refractivity contribution in [3.05, 3.63) is 130 Å². The zero-order chi connectivity index (χ0) is 26.7. The largest absolute Gasteiger partial charge is 0.423 e. The number of hydrogen-bond donors (Lipinski definition) is 0. The van der Waals surface area contributed by atoms with Crippen LogP contribution >= 0.6 is 0 Å². The highest BCUT2D eigenvalue weighted by molar-refractivity contribution is 6.31. The van der Waals surface area contributed by atoms with E-state index in [1.165, 1.54) is 0 Å². The second-order valence-corrected chi connectivity index (χ2v) is 8.05. The van der Waals surface area contributed by atoms with Gasteiger partial charge >= 0.3 is 11.9 Å². The van der Waals surface area contributed by atoms with Crippen molar-refractivity contribution in [2.24, 2.45) is 0 Å². The minimum Gasteiger partial charge on any atom is -0.418 e. The monoisotopic (exact) mass is 496 g/mol. The van der Waals surface area contributed by atoms with Crippen molar-refractivity contribution in [1.82, 2.24) is 0 Å². The van der Waals surface area contributed by atoms with Crippen LogP contribution in [0.3, 0.4) is 0 Å². The predicted molar refractivity (Wildman–Crippen MR) is 144 cm³/mol. The molecular weight excluding hydrogens is 476 g/mol. The van der Waals surface area contributed by atoms with Gasteiger partial charge in [-0.15, -0.1) is 0 Å². The summed E-state index contributed by atoms with van der Waals surface area (Å²) in [4.78, 5) is 24.3. The Bertz CT molecular complexity index is 1450. The van der Waals surface area contributed by atoms with Crippen LogP contribution in [0.15, 0.2) is 97.1 Å². The molecule has 0 aromatic heterocycles. The number of carbonyl (C=O) groups excluding carboxylic acids is 2.